The summed E-state index contributed by atoms with van der Waals surface area (Å²) in [5.41, 5.74) is -0.0566. The van der Waals surface area contributed by atoms with Crippen LogP contribution in [0.15, 0.2) is 36.8 Å². The zero-order valence-corrected chi connectivity index (χ0v) is 13.1. The van der Waals surface area contributed by atoms with Crippen LogP contribution in [0.3, 0.4) is 0 Å². The number of nitrogens with zero attached hydrogens (tertiary/aromatic N) is 1. The van der Waals surface area contributed by atoms with E-state index in [4.69, 9.17) is 0 Å². The Kier molecular flexibility index (Phi) is 4.62. The monoisotopic (exact) mass is 369 g/mol. The molecule has 0 aliphatic heterocycles. The van der Waals surface area contributed by atoms with Gasteiger partial charge in [-0.25, -0.2) is 8.78 Å². The number of anilines is 1. The average molecular weight is 369 g/mol. The second kappa shape index (κ2) is 6.74. The number of carbonyl (C=O) groups is 1. The molecule has 0 atom stereocenters. The van der Waals surface area contributed by atoms with E-state index in [1.807, 2.05) is 0 Å². The maximum absolute atomic E-state index is 13.3. The van der Waals surface area contributed by atoms with Gasteiger partial charge in [-0.1, -0.05) is 0 Å². The third kappa shape index (κ3) is 3.81. The smallest absolute Gasteiger partial charge is 0.359 e. The van der Waals surface area contributed by atoms with Gasteiger partial charge in [-0.05, 0) is 24.1 Å². The molecule has 3 rings (SSSR count). The molecule has 0 unspecified atom stereocenters. The Bertz CT molecular complexity index is 965. The molecule has 26 heavy (non-hydrogen) atoms. The Morgan fingerprint density at radius 2 is 1.85 bits per heavy atom. The molecule has 0 radical (unpaired) electrons. The highest BCUT2D eigenvalue weighted by Gasteiger charge is 2.31. The van der Waals surface area contributed by atoms with Crippen molar-refractivity contribution in [2.75, 3.05) is 5.32 Å². The molecule has 2 aromatic heterocycles. The molecule has 1 amide bonds. The number of hydrogen-bond donors (Lipinski definition) is 2. The van der Waals surface area contributed by atoms with Crippen molar-refractivity contribution in [3.63, 3.8) is 0 Å². The zero-order chi connectivity index (χ0) is 18.9. The molecule has 4 nitrogen and oxygen atoms in total. The number of rotatable bonds is 4. The van der Waals surface area contributed by atoms with Gasteiger partial charge in [-0.15, -0.1) is 0 Å². The summed E-state index contributed by atoms with van der Waals surface area (Å²) < 4.78 is 64.5. The fourth-order valence-electron chi connectivity index (χ4n) is 2.47. The molecule has 2 heterocycles. The minimum absolute atomic E-state index is 0.0497. The largest absolute Gasteiger partial charge is 0.417 e. The minimum atomic E-state index is -4.51. The number of pyridine rings is 1. The van der Waals surface area contributed by atoms with Gasteiger partial charge < -0.3 is 10.3 Å². The first-order valence-corrected chi connectivity index (χ1v) is 7.51. The number of amides is 1. The fourth-order valence-corrected chi connectivity index (χ4v) is 2.47. The molecule has 2 N–H and O–H groups in total. The fraction of sp³-hybridized carbons (Fsp3) is 0.176. The molecule has 1 aromatic carbocycles. The van der Waals surface area contributed by atoms with Crippen LogP contribution >= 0.6 is 0 Å². The predicted octanol–water partition coefficient (Wildman–Crippen LogP) is 4.43. The van der Waals surface area contributed by atoms with Gasteiger partial charge in [0.2, 0.25) is 5.91 Å². The van der Waals surface area contributed by atoms with Crippen molar-refractivity contribution < 1.29 is 26.7 Å². The first-order chi connectivity index (χ1) is 12.2. The lowest BCUT2D eigenvalue weighted by Gasteiger charge is -2.08. The molecule has 136 valence electrons. The van der Waals surface area contributed by atoms with E-state index in [0.717, 1.165) is 18.2 Å². The third-order valence-electron chi connectivity index (χ3n) is 3.76. The minimum Gasteiger partial charge on any atom is -0.359 e. The molecule has 0 saturated carbocycles. The molecule has 0 fully saturated rings. The Morgan fingerprint density at radius 1 is 1.12 bits per heavy atom. The van der Waals surface area contributed by atoms with E-state index in [1.165, 1.54) is 12.4 Å². The number of carbonyl (C=O) groups excluding carboxylic acids is 1. The lowest BCUT2D eigenvalue weighted by Crippen LogP contribution is -2.12. The van der Waals surface area contributed by atoms with Gasteiger partial charge in [-0.3, -0.25) is 9.78 Å². The molecule has 0 saturated heterocycles. The van der Waals surface area contributed by atoms with Gasteiger partial charge in [-0.2, -0.15) is 13.2 Å². The van der Waals surface area contributed by atoms with Crippen LogP contribution in [0.4, 0.5) is 27.6 Å². The zero-order valence-electron chi connectivity index (χ0n) is 13.1. The first-order valence-electron chi connectivity index (χ1n) is 7.51. The summed E-state index contributed by atoms with van der Waals surface area (Å²) in [7, 11) is 0. The topological polar surface area (TPSA) is 57.8 Å². The molecule has 0 aliphatic carbocycles. The second-order valence-corrected chi connectivity index (χ2v) is 5.64. The highest BCUT2D eigenvalue weighted by Crippen LogP contribution is 2.29. The number of aromatic nitrogens is 2. The number of aromatic amines is 1. The van der Waals surface area contributed by atoms with E-state index in [0.29, 0.717) is 11.7 Å². The Balaban J connectivity index is 1.68. The third-order valence-corrected chi connectivity index (χ3v) is 3.76. The number of fused-ring (bicyclic) bond motifs is 1. The molecular formula is C17H12F5N3O. The van der Waals surface area contributed by atoms with Crippen molar-refractivity contribution in [2.45, 2.75) is 19.0 Å². The summed E-state index contributed by atoms with van der Waals surface area (Å²) in [4.78, 5) is 18.3. The van der Waals surface area contributed by atoms with Crippen molar-refractivity contribution in [1.29, 1.82) is 0 Å². The second-order valence-electron chi connectivity index (χ2n) is 5.64. The summed E-state index contributed by atoms with van der Waals surface area (Å²) in [5.74, 6) is -2.55. The molecule has 9 heteroatoms. The van der Waals surface area contributed by atoms with Crippen LogP contribution in [0.25, 0.3) is 10.9 Å². The number of benzene rings is 1. The van der Waals surface area contributed by atoms with Gasteiger partial charge >= 0.3 is 6.18 Å². The van der Waals surface area contributed by atoms with Crippen LogP contribution in [-0.2, 0) is 17.4 Å². The van der Waals surface area contributed by atoms with Crippen LogP contribution in [0.2, 0.25) is 0 Å². The standard InChI is InChI=1S/C17H12F5N3O/c18-12-4-11-14(5-13(12)19)24-8-15(11)25-16(26)2-1-9-3-10(7-23-6-9)17(20,21)22/h3-8,24H,1-2H2,(H,25,26). The summed E-state index contributed by atoms with van der Waals surface area (Å²) in [6.45, 7) is 0. The Hall–Kier alpha value is -2.97. The highest BCUT2D eigenvalue weighted by molar-refractivity contribution is 6.01. The van der Waals surface area contributed by atoms with E-state index in [-0.39, 0.29) is 29.5 Å². The van der Waals surface area contributed by atoms with Crippen molar-refractivity contribution >= 4 is 22.5 Å². The van der Waals surface area contributed by atoms with Crippen LogP contribution in [0, 0.1) is 11.6 Å². The van der Waals surface area contributed by atoms with Crippen LogP contribution < -0.4 is 5.32 Å². The van der Waals surface area contributed by atoms with Crippen molar-refractivity contribution in [3.05, 3.63) is 59.6 Å². The van der Waals surface area contributed by atoms with E-state index in [2.05, 4.69) is 15.3 Å². The lowest BCUT2D eigenvalue weighted by atomic mass is 10.1. The van der Waals surface area contributed by atoms with E-state index < -0.39 is 29.3 Å². The van der Waals surface area contributed by atoms with Crippen molar-refractivity contribution in [1.82, 2.24) is 9.97 Å². The molecular weight excluding hydrogens is 357 g/mol. The number of hydrogen-bond acceptors (Lipinski definition) is 2. The van der Waals surface area contributed by atoms with Gasteiger partial charge in [0.05, 0.1) is 16.8 Å². The van der Waals surface area contributed by atoms with Gasteiger partial charge in [0, 0.05) is 36.5 Å². The number of H-pyrrole nitrogens is 1. The average Bonchev–Trinajstić information content (AvgIpc) is 2.95. The molecule has 3 aromatic rings. The maximum Gasteiger partial charge on any atom is 0.417 e. The summed E-state index contributed by atoms with van der Waals surface area (Å²) in [5, 5.41) is 2.81. The summed E-state index contributed by atoms with van der Waals surface area (Å²) in [6.07, 6.45) is -1.20. The summed E-state index contributed by atoms with van der Waals surface area (Å²) in [6, 6.07) is 2.85. The SMILES string of the molecule is O=C(CCc1cncc(C(F)(F)F)c1)Nc1c[nH]c2cc(F)c(F)cc12. The van der Waals surface area contributed by atoms with E-state index in [1.54, 1.807) is 0 Å². The van der Waals surface area contributed by atoms with Crippen LogP contribution in [0.1, 0.15) is 17.5 Å². The van der Waals surface area contributed by atoms with Crippen molar-refractivity contribution in [2.24, 2.45) is 0 Å². The number of halogens is 5. The van der Waals surface area contributed by atoms with Gasteiger partial charge in [0.25, 0.3) is 0 Å². The number of alkyl halides is 3. The Labute approximate surface area is 144 Å². The molecule has 0 aliphatic rings. The lowest BCUT2D eigenvalue weighted by molar-refractivity contribution is -0.137. The summed E-state index contributed by atoms with van der Waals surface area (Å²) >= 11 is 0. The van der Waals surface area contributed by atoms with E-state index >= 15 is 0 Å². The van der Waals surface area contributed by atoms with Crippen LogP contribution in [0.5, 0.6) is 0 Å². The molecule has 0 bridgehead atoms. The van der Waals surface area contributed by atoms with Gasteiger partial charge in [0.1, 0.15) is 0 Å². The number of nitrogens with one attached hydrogen (secondary N) is 2. The molecule has 0 spiro atoms. The van der Waals surface area contributed by atoms with Gasteiger partial charge in [0.15, 0.2) is 11.6 Å². The quantitative estimate of drug-likeness (QED) is 0.669. The highest BCUT2D eigenvalue weighted by atomic mass is 19.4. The van der Waals surface area contributed by atoms with Crippen molar-refractivity contribution in [3.8, 4) is 0 Å². The predicted molar refractivity (Wildman–Crippen MR) is 84.4 cm³/mol. The van der Waals surface area contributed by atoms with Crippen LogP contribution in [-0.4, -0.2) is 15.9 Å². The van der Waals surface area contributed by atoms with E-state index in [9.17, 15) is 26.7 Å². The maximum atomic E-state index is 13.3. The first kappa shape index (κ1) is 17.8. The Morgan fingerprint density at radius 3 is 2.58 bits per heavy atom. The normalized spacial score (nSPS) is 11.7. The number of aryl methyl sites for hydroxylation is 1.